The van der Waals surface area contributed by atoms with Crippen LogP contribution in [0.5, 0.6) is 0 Å². The highest BCUT2D eigenvalue weighted by Gasteiger charge is 1.99. The van der Waals surface area contributed by atoms with Gasteiger partial charge in [0.15, 0.2) is 5.65 Å². The third kappa shape index (κ3) is 0.832. The third-order valence-corrected chi connectivity index (χ3v) is 1.54. The highest BCUT2D eigenvalue weighted by atomic mass is 15.3. The van der Waals surface area contributed by atoms with E-state index in [1.54, 1.807) is 4.52 Å². The molecule has 2 rings (SSSR count). The van der Waals surface area contributed by atoms with Crippen LogP contribution in [-0.2, 0) is 0 Å². The van der Waals surface area contributed by atoms with E-state index in [-0.39, 0.29) is 0 Å². The average molecular weight is 148 g/mol. The molecule has 0 saturated carbocycles. The van der Waals surface area contributed by atoms with Gasteiger partial charge in [0.2, 0.25) is 0 Å². The number of anilines is 1. The van der Waals surface area contributed by atoms with Crippen molar-refractivity contribution in [3.8, 4) is 0 Å². The first-order chi connectivity index (χ1) is 5.27. The number of aryl methyl sites for hydroxylation is 1. The Hall–Kier alpha value is -1.58. The number of hydrogen-bond acceptors (Lipinski definition) is 3. The summed E-state index contributed by atoms with van der Waals surface area (Å²) in [6.07, 6.45) is 3.38. The van der Waals surface area contributed by atoms with E-state index in [4.69, 9.17) is 5.73 Å². The maximum Gasteiger partial charge on any atom is 0.178 e. The smallest absolute Gasteiger partial charge is 0.178 e. The summed E-state index contributed by atoms with van der Waals surface area (Å²) in [5.74, 6) is 0. The number of pyridine rings is 1. The van der Waals surface area contributed by atoms with E-state index >= 15 is 0 Å². The summed E-state index contributed by atoms with van der Waals surface area (Å²) < 4.78 is 1.67. The van der Waals surface area contributed by atoms with Gasteiger partial charge in [-0.05, 0) is 18.6 Å². The van der Waals surface area contributed by atoms with Gasteiger partial charge >= 0.3 is 0 Å². The van der Waals surface area contributed by atoms with Crippen LogP contribution in [0.15, 0.2) is 18.6 Å². The van der Waals surface area contributed by atoms with Gasteiger partial charge in [0.25, 0.3) is 0 Å². The van der Waals surface area contributed by atoms with Crippen molar-refractivity contribution in [2.75, 3.05) is 5.73 Å². The predicted octanol–water partition coefficient (Wildman–Crippen LogP) is 0.620. The van der Waals surface area contributed by atoms with E-state index in [1.807, 2.05) is 19.2 Å². The number of aromatic nitrogens is 3. The Balaban J connectivity index is 2.91. The number of fused-ring (bicyclic) bond motifs is 1. The fourth-order valence-corrected chi connectivity index (χ4v) is 1.09. The van der Waals surface area contributed by atoms with Crippen LogP contribution in [0.25, 0.3) is 5.65 Å². The number of nitrogen functional groups attached to an aromatic ring is 1. The Morgan fingerprint density at radius 1 is 1.55 bits per heavy atom. The first-order valence-corrected chi connectivity index (χ1v) is 3.33. The molecule has 2 N–H and O–H groups in total. The summed E-state index contributed by atoms with van der Waals surface area (Å²) in [5.41, 5.74) is 8.15. The van der Waals surface area contributed by atoms with Crippen molar-refractivity contribution in [3.05, 3.63) is 24.2 Å². The van der Waals surface area contributed by atoms with E-state index < -0.39 is 0 Å². The molecule has 0 aromatic carbocycles. The van der Waals surface area contributed by atoms with Crippen LogP contribution in [0.3, 0.4) is 0 Å². The minimum Gasteiger partial charge on any atom is -0.396 e. The van der Waals surface area contributed by atoms with Crippen molar-refractivity contribution in [2.24, 2.45) is 0 Å². The Morgan fingerprint density at radius 2 is 2.36 bits per heavy atom. The molecule has 0 aliphatic carbocycles. The molecule has 4 heteroatoms. The molecule has 0 atom stereocenters. The van der Waals surface area contributed by atoms with Gasteiger partial charge in [-0.2, -0.15) is 5.10 Å². The van der Waals surface area contributed by atoms with E-state index in [1.165, 1.54) is 6.33 Å². The topological polar surface area (TPSA) is 56.2 Å². The van der Waals surface area contributed by atoms with Crippen molar-refractivity contribution >= 4 is 11.3 Å². The monoisotopic (exact) mass is 148 g/mol. The van der Waals surface area contributed by atoms with E-state index in [9.17, 15) is 0 Å². The van der Waals surface area contributed by atoms with Crippen LogP contribution < -0.4 is 5.73 Å². The molecule has 2 aromatic heterocycles. The van der Waals surface area contributed by atoms with Crippen molar-refractivity contribution < 1.29 is 0 Å². The summed E-state index contributed by atoms with van der Waals surface area (Å²) in [5, 5.41) is 3.97. The molecule has 0 saturated heterocycles. The molecule has 0 unspecified atom stereocenters. The van der Waals surface area contributed by atoms with Gasteiger partial charge in [0.05, 0.1) is 5.69 Å². The summed E-state index contributed by atoms with van der Waals surface area (Å²) >= 11 is 0. The molecule has 0 amide bonds. The van der Waals surface area contributed by atoms with E-state index in [0.29, 0.717) is 5.69 Å². The number of hydrogen-bond donors (Lipinski definition) is 1. The molecule has 11 heavy (non-hydrogen) atoms. The first kappa shape index (κ1) is 6.15. The Labute approximate surface area is 63.7 Å². The molecule has 0 radical (unpaired) electrons. The summed E-state index contributed by atoms with van der Waals surface area (Å²) in [6.45, 7) is 1.97. The van der Waals surface area contributed by atoms with Gasteiger partial charge in [0, 0.05) is 6.20 Å². The third-order valence-electron chi connectivity index (χ3n) is 1.54. The van der Waals surface area contributed by atoms with Crippen molar-refractivity contribution in [3.63, 3.8) is 0 Å². The number of nitrogens with zero attached hydrogens (tertiary/aromatic N) is 3. The fraction of sp³-hybridized carbons (Fsp3) is 0.143. The zero-order valence-electron chi connectivity index (χ0n) is 6.15. The van der Waals surface area contributed by atoms with Gasteiger partial charge < -0.3 is 5.73 Å². The molecule has 0 aliphatic rings. The lowest BCUT2D eigenvalue weighted by Crippen LogP contribution is -1.94. The Morgan fingerprint density at radius 3 is 3.18 bits per heavy atom. The molecule has 0 fully saturated rings. The van der Waals surface area contributed by atoms with Crippen molar-refractivity contribution in [1.82, 2.24) is 14.6 Å². The van der Waals surface area contributed by atoms with Gasteiger partial charge in [-0.1, -0.05) is 0 Å². The lowest BCUT2D eigenvalue weighted by atomic mass is 10.3. The molecular formula is C7H8N4. The van der Waals surface area contributed by atoms with Crippen LogP contribution in [0, 0.1) is 6.92 Å². The maximum absolute atomic E-state index is 5.68. The maximum atomic E-state index is 5.68. The van der Waals surface area contributed by atoms with Gasteiger partial charge in [-0.3, -0.25) is 0 Å². The summed E-state index contributed by atoms with van der Waals surface area (Å²) in [7, 11) is 0. The Bertz CT molecular complexity index is 390. The van der Waals surface area contributed by atoms with Crippen molar-refractivity contribution in [2.45, 2.75) is 6.92 Å². The SMILES string of the molecule is Cc1cc(N)c2ncnn2c1. The number of rotatable bonds is 0. The lowest BCUT2D eigenvalue weighted by Gasteiger charge is -1.97. The van der Waals surface area contributed by atoms with Gasteiger partial charge in [0.1, 0.15) is 6.33 Å². The standard InChI is InChI=1S/C7H8N4/c1-5-2-6(8)7-9-4-10-11(7)3-5/h2-4H,8H2,1H3. The van der Waals surface area contributed by atoms with Crippen LogP contribution in [-0.4, -0.2) is 14.6 Å². The molecule has 0 spiro atoms. The second kappa shape index (κ2) is 1.95. The predicted molar refractivity (Wildman–Crippen MR) is 42.1 cm³/mol. The van der Waals surface area contributed by atoms with Crippen LogP contribution >= 0.6 is 0 Å². The van der Waals surface area contributed by atoms with Crippen molar-refractivity contribution in [1.29, 1.82) is 0 Å². The van der Waals surface area contributed by atoms with Crippen LogP contribution in [0.2, 0.25) is 0 Å². The quantitative estimate of drug-likeness (QED) is 0.595. The molecule has 0 aliphatic heterocycles. The van der Waals surface area contributed by atoms with Gasteiger partial charge in [-0.15, -0.1) is 0 Å². The number of nitrogens with two attached hydrogens (primary N) is 1. The van der Waals surface area contributed by atoms with Crippen LogP contribution in [0.4, 0.5) is 5.69 Å². The molecule has 2 heterocycles. The zero-order chi connectivity index (χ0) is 7.84. The molecule has 56 valence electrons. The minimum atomic E-state index is 0.669. The molecule has 0 bridgehead atoms. The Kier molecular flexibility index (Phi) is 1.09. The minimum absolute atomic E-state index is 0.669. The van der Waals surface area contributed by atoms with E-state index in [0.717, 1.165) is 11.2 Å². The van der Waals surface area contributed by atoms with E-state index in [2.05, 4.69) is 10.1 Å². The molecular weight excluding hydrogens is 140 g/mol. The zero-order valence-corrected chi connectivity index (χ0v) is 6.15. The largest absolute Gasteiger partial charge is 0.396 e. The van der Waals surface area contributed by atoms with Gasteiger partial charge in [-0.25, -0.2) is 9.50 Å². The second-order valence-electron chi connectivity index (χ2n) is 2.50. The lowest BCUT2D eigenvalue weighted by molar-refractivity contribution is 0.953. The highest BCUT2D eigenvalue weighted by molar-refractivity contribution is 5.64. The molecule has 4 nitrogen and oxygen atoms in total. The second-order valence-corrected chi connectivity index (χ2v) is 2.50. The fourth-order valence-electron chi connectivity index (χ4n) is 1.09. The summed E-state index contributed by atoms with van der Waals surface area (Å²) in [4.78, 5) is 3.99. The highest BCUT2D eigenvalue weighted by Crippen LogP contribution is 2.11. The first-order valence-electron chi connectivity index (χ1n) is 3.33. The summed E-state index contributed by atoms with van der Waals surface area (Å²) in [6, 6.07) is 1.88. The molecule has 2 aromatic rings. The average Bonchev–Trinajstić information content (AvgIpc) is 2.34. The normalized spacial score (nSPS) is 10.6. The van der Waals surface area contributed by atoms with Crippen LogP contribution in [0.1, 0.15) is 5.56 Å².